The van der Waals surface area contributed by atoms with Crippen molar-refractivity contribution in [3.63, 3.8) is 0 Å². The highest BCUT2D eigenvalue weighted by atomic mass is 16.6. The summed E-state index contributed by atoms with van der Waals surface area (Å²) in [6.07, 6.45) is 0. The van der Waals surface area contributed by atoms with Crippen LogP contribution >= 0.6 is 0 Å². The molecule has 0 atom stereocenters. The molecule has 2 heterocycles. The van der Waals surface area contributed by atoms with E-state index in [1.165, 1.54) is 0 Å². The summed E-state index contributed by atoms with van der Waals surface area (Å²) < 4.78 is 10.8. The summed E-state index contributed by atoms with van der Waals surface area (Å²) in [5.74, 6) is 0.604. The Morgan fingerprint density at radius 3 is 2.79 bits per heavy atom. The highest BCUT2D eigenvalue weighted by Crippen LogP contribution is 2.32. The number of aromatic nitrogens is 3. The molecule has 1 aromatic carbocycles. The van der Waals surface area contributed by atoms with Gasteiger partial charge in [-0.25, -0.2) is 9.89 Å². The quantitative estimate of drug-likeness (QED) is 0.712. The fraction of sp³-hybridized carbons (Fsp3) is 0.182. The Morgan fingerprint density at radius 2 is 2.05 bits per heavy atom. The Kier molecular flexibility index (Phi) is 2.67. The Morgan fingerprint density at radius 1 is 1.26 bits per heavy atom. The molecule has 0 aliphatic carbocycles. The van der Waals surface area contributed by atoms with Crippen molar-refractivity contribution in [1.29, 1.82) is 0 Å². The number of aromatic amines is 2. The van der Waals surface area contributed by atoms with Gasteiger partial charge in [-0.1, -0.05) is 0 Å². The van der Waals surface area contributed by atoms with Crippen LogP contribution in [0.1, 0.15) is 10.6 Å². The van der Waals surface area contributed by atoms with Crippen molar-refractivity contribution in [2.45, 2.75) is 0 Å². The minimum Gasteiger partial charge on any atom is -0.486 e. The zero-order valence-corrected chi connectivity index (χ0v) is 9.73. The second-order valence-corrected chi connectivity index (χ2v) is 3.84. The Bertz CT molecular complexity index is 675. The van der Waals surface area contributed by atoms with Gasteiger partial charge in [0.05, 0.1) is 0 Å². The van der Waals surface area contributed by atoms with E-state index < -0.39 is 11.6 Å². The molecule has 19 heavy (non-hydrogen) atoms. The van der Waals surface area contributed by atoms with Crippen LogP contribution in [0.4, 0.5) is 5.69 Å². The Balaban J connectivity index is 1.80. The second kappa shape index (κ2) is 4.48. The first-order chi connectivity index (χ1) is 9.22. The number of rotatable bonds is 2. The maximum Gasteiger partial charge on any atom is 0.341 e. The molecule has 0 saturated heterocycles. The molecule has 1 aromatic heterocycles. The van der Waals surface area contributed by atoms with E-state index in [9.17, 15) is 9.59 Å². The molecular formula is C11H10N4O4. The molecule has 2 aromatic rings. The van der Waals surface area contributed by atoms with E-state index in [0.717, 1.165) is 0 Å². The third-order valence-corrected chi connectivity index (χ3v) is 2.52. The summed E-state index contributed by atoms with van der Waals surface area (Å²) in [7, 11) is 0. The monoisotopic (exact) mass is 262 g/mol. The van der Waals surface area contributed by atoms with Crippen LogP contribution in [0, 0.1) is 0 Å². The molecule has 3 N–H and O–H groups in total. The molecule has 1 aliphatic heterocycles. The van der Waals surface area contributed by atoms with Crippen molar-refractivity contribution < 1.29 is 14.3 Å². The van der Waals surface area contributed by atoms with Gasteiger partial charge in [0.25, 0.3) is 5.91 Å². The maximum atomic E-state index is 11.8. The van der Waals surface area contributed by atoms with Gasteiger partial charge in [-0.3, -0.25) is 9.78 Å². The van der Waals surface area contributed by atoms with Crippen molar-refractivity contribution >= 4 is 11.6 Å². The predicted molar refractivity (Wildman–Crippen MR) is 64.6 cm³/mol. The van der Waals surface area contributed by atoms with Gasteiger partial charge in [-0.15, -0.1) is 5.10 Å². The van der Waals surface area contributed by atoms with E-state index in [2.05, 4.69) is 20.5 Å². The normalized spacial score (nSPS) is 13.1. The van der Waals surface area contributed by atoms with Gasteiger partial charge in [0.15, 0.2) is 11.5 Å². The lowest BCUT2D eigenvalue weighted by molar-refractivity contribution is 0.101. The number of H-pyrrole nitrogens is 2. The molecule has 0 fully saturated rings. The fourth-order valence-corrected chi connectivity index (χ4v) is 1.69. The summed E-state index contributed by atoms with van der Waals surface area (Å²) in [6, 6.07) is 5.03. The van der Waals surface area contributed by atoms with Crippen LogP contribution in [-0.4, -0.2) is 34.3 Å². The van der Waals surface area contributed by atoms with Crippen molar-refractivity contribution in [3.05, 3.63) is 34.5 Å². The van der Waals surface area contributed by atoms with Crippen LogP contribution in [0.3, 0.4) is 0 Å². The van der Waals surface area contributed by atoms with E-state index in [0.29, 0.717) is 30.4 Å². The Labute approximate surface area is 106 Å². The first-order valence-corrected chi connectivity index (χ1v) is 5.58. The molecule has 8 nitrogen and oxygen atoms in total. The number of nitrogens with zero attached hydrogens (tertiary/aromatic N) is 1. The van der Waals surface area contributed by atoms with E-state index >= 15 is 0 Å². The van der Waals surface area contributed by atoms with Crippen molar-refractivity contribution in [2.75, 3.05) is 18.5 Å². The van der Waals surface area contributed by atoms with Crippen molar-refractivity contribution in [2.24, 2.45) is 0 Å². The first-order valence-electron chi connectivity index (χ1n) is 5.58. The number of benzene rings is 1. The van der Waals surface area contributed by atoms with Crippen molar-refractivity contribution in [3.8, 4) is 11.5 Å². The fourth-order valence-electron chi connectivity index (χ4n) is 1.69. The highest BCUT2D eigenvalue weighted by molar-refractivity contribution is 6.01. The number of ether oxygens (including phenoxy) is 2. The van der Waals surface area contributed by atoms with E-state index in [-0.39, 0.29) is 5.82 Å². The third kappa shape index (κ3) is 2.28. The molecule has 0 radical (unpaired) electrons. The molecule has 0 bridgehead atoms. The number of hydrogen-bond donors (Lipinski definition) is 3. The van der Waals surface area contributed by atoms with Gasteiger partial charge in [-0.05, 0) is 12.1 Å². The molecule has 98 valence electrons. The minimum atomic E-state index is -0.535. The lowest BCUT2D eigenvalue weighted by Gasteiger charge is -2.18. The average Bonchev–Trinajstić information content (AvgIpc) is 2.85. The third-order valence-electron chi connectivity index (χ3n) is 2.52. The van der Waals surface area contributed by atoms with Crippen LogP contribution in [0.5, 0.6) is 11.5 Å². The smallest absolute Gasteiger partial charge is 0.341 e. The SMILES string of the molecule is O=C(Nc1ccc2c(c1)OCCO2)c1n[nH]c(=O)[nH]1. The number of amides is 1. The number of fused-ring (bicyclic) bond motifs is 1. The number of anilines is 1. The summed E-state index contributed by atoms with van der Waals surface area (Å²) >= 11 is 0. The van der Waals surface area contributed by atoms with Gasteiger partial charge in [0, 0.05) is 11.8 Å². The zero-order chi connectivity index (χ0) is 13.2. The summed E-state index contributed by atoms with van der Waals surface area (Å²) in [5, 5.41) is 8.25. The topological polar surface area (TPSA) is 109 Å². The van der Waals surface area contributed by atoms with Gasteiger partial charge in [-0.2, -0.15) is 0 Å². The van der Waals surface area contributed by atoms with Gasteiger partial charge >= 0.3 is 5.69 Å². The van der Waals surface area contributed by atoms with Crippen LogP contribution in [0.15, 0.2) is 23.0 Å². The summed E-state index contributed by atoms with van der Waals surface area (Å²) in [6.45, 7) is 0.976. The molecule has 3 rings (SSSR count). The molecule has 0 saturated carbocycles. The number of hydrogen-bond acceptors (Lipinski definition) is 5. The molecule has 1 amide bonds. The Hall–Kier alpha value is -2.77. The minimum absolute atomic E-state index is 0.0834. The standard InChI is InChI=1S/C11H10N4O4/c16-10(9-13-11(17)15-14-9)12-6-1-2-7-8(5-6)19-4-3-18-7/h1-2,5H,3-4H2,(H,12,16)(H2,13,14,15,17). The maximum absolute atomic E-state index is 11.8. The van der Waals surface area contributed by atoms with Crippen molar-refractivity contribution in [1.82, 2.24) is 15.2 Å². The average molecular weight is 262 g/mol. The van der Waals surface area contributed by atoms with Gasteiger partial charge in [0.2, 0.25) is 5.82 Å². The van der Waals surface area contributed by atoms with Gasteiger partial charge in [0.1, 0.15) is 13.2 Å². The lowest BCUT2D eigenvalue weighted by Crippen LogP contribution is -2.17. The van der Waals surface area contributed by atoms with Gasteiger partial charge < -0.3 is 14.8 Å². The largest absolute Gasteiger partial charge is 0.486 e. The zero-order valence-electron chi connectivity index (χ0n) is 9.73. The summed E-state index contributed by atoms with van der Waals surface area (Å²) in [5.41, 5.74) is -0.00887. The second-order valence-electron chi connectivity index (χ2n) is 3.84. The summed E-state index contributed by atoms with van der Waals surface area (Å²) in [4.78, 5) is 24.9. The number of carbonyl (C=O) groups is 1. The number of carbonyl (C=O) groups excluding carboxylic acids is 1. The van der Waals surface area contributed by atoms with E-state index in [4.69, 9.17) is 9.47 Å². The molecular weight excluding hydrogens is 252 g/mol. The predicted octanol–water partition coefficient (Wildman–Crippen LogP) is 0.121. The first kappa shape index (κ1) is 11.3. The van der Waals surface area contributed by atoms with Crippen LogP contribution in [0.25, 0.3) is 0 Å². The molecule has 0 unspecified atom stereocenters. The number of nitrogens with one attached hydrogen (secondary N) is 3. The molecule has 0 spiro atoms. The van der Waals surface area contributed by atoms with E-state index in [1.54, 1.807) is 18.2 Å². The van der Waals surface area contributed by atoms with Crippen LogP contribution in [0.2, 0.25) is 0 Å². The lowest BCUT2D eigenvalue weighted by atomic mass is 10.2. The molecule has 8 heteroatoms. The highest BCUT2D eigenvalue weighted by Gasteiger charge is 2.14. The van der Waals surface area contributed by atoms with E-state index in [1.807, 2.05) is 0 Å². The molecule has 1 aliphatic rings. The van der Waals surface area contributed by atoms with Crippen LogP contribution < -0.4 is 20.5 Å². The van der Waals surface area contributed by atoms with Crippen LogP contribution in [-0.2, 0) is 0 Å².